The minimum atomic E-state index is 0.787. The summed E-state index contributed by atoms with van der Waals surface area (Å²) >= 11 is 0. The van der Waals surface area contributed by atoms with Crippen LogP contribution in [0.3, 0.4) is 0 Å². The number of pyridine rings is 1. The molecule has 1 N–H and O–H groups in total. The van der Waals surface area contributed by atoms with E-state index in [-0.39, 0.29) is 0 Å². The predicted octanol–water partition coefficient (Wildman–Crippen LogP) is 8.09. The number of benzene rings is 1. The largest absolute Gasteiger partial charge is 0.344 e. The monoisotopic (exact) mass is 408 g/mol. The zero-order chi connectivity index (χ0) is 21.0. The molecule has 0 saturated heterocycles. The SMILES string of the molecule is CCCCCCCCCCCCCCCCn1c2c(c(=N)c3ccccc31)CCC2. The van der Waals surface area contributed by atoms with E-state index in [2.05, 4.69) is 35.8 Å². The van der Waals surface area contributed by atoms with Crippen LogP contribution >= 0.6 is 0 Å². The van der Waals surface area contributed by atoms with E-state index in [4.69, 9.17) is 5.41 Å². The number of hydrogen-bond donors (Lipinski definition) is 1. The minimum absolute atomic E-state index is 0.787. The molecule has 0 aliphatic heterocycles. The fourth-order valence-corrected chi connectivity index (χ4v) is 5.24. The van der Waals surface area contributed by atoms with Gasteiger partial charge in [0.1, 0.15) is 0 Å². The third-order valence-electron chi connectivity index (χ3n) is 7.02. The maximum atomic E-state index is 8.59. The highest BCUT2D eigenvalue weighted by Gasteiger charge is 2.18. The van der Waals surface area contributed by atoms with Gasteiger partial charge in [0.05, 0.1) is 10.9 Å². The lowest BCUT2D eigenvalue weighted by Gasteiger charge is -2.17. The van der Waals surface area contributed by atoms with Crippen molar-refractivity contribution in [3.05, 3.63) is 40.9 Å². The van der Waals surface area contributed by atoms with E-state index in [0.717, 1.165) is 30.1 Å². The summed E-state index contributed by atoms with van der Waals surface area (Å²) in [6, 6.07) is 8.57. The van der Waals surface area contributed by atoms with Crippen molar-refractivity contribution in [1.29, 1.82) is 5.41 Å². The van der Waals surface area contributed by atoms with Crippen molar-refractivity contribution in [3.8, 4) is 0 Å². The van der Waals surface area contributed by atoms with E-state index < -0.39 is 0 Å². The molecule has 0 unspecified atom stereocenters. The molecule has 2 heteroatoms. The van der Waals surface area contributed by atoms with Gasteiger partial charge in [0.2, 0.25) is 0 Å². The maximum Gasteiger partial charge on any atom is 0.0682 e. The molecular weight excluding hydrogens is 364 g/mol. The van der Waals surface area contributed by atoms with Crippen molar-refractivity contribution in [2.75, 3.05) is 0 Å². The molecule has 1 heterocycles. The molecule has 2 aromatic rings. The number of unbranched alkanes of at least 4 members (excludes halogenated alkanes) is 13. The fourth-order valence-electron chi connectivity index (χ4n) is 5.24. The van der Waals surface area contributed by atoms with Crippen molar-refractivity contribution in [3.63, 3.8) is 0 Å². The summed E-state index contributed by atoms with van der Waals surface area (Å²) in [6.45, 7) is 3.42. The molecule has 0 amide bonds. The molecule has 0 bridgehead atoms. The average Bonchev–Trinajstić information content (AvgIpc) is 3.26. The van der Waals surface area contributed by atoms with E-state index in [1.54, 1.807) is 0 Å². The highest BCUT2D eigenvalue weighted by molar-refractivity contribution is 5.80. The van der Waals surface area contributed by atoms with Gasteiger partial charge in [-0.25, -0.2) is 0 Å². The first kappa shape index (κ1) is 23.1. The number of para-hydroxylation sites is 1. The molecule has 1 aromatic heterocycles. The molecule has 0 radical (unpaired) electrons. The highest BCUT2D eigenvalue weighted by atomic mass is 15.0. The Hall–Kier alpha value is -1.57. The van der Waals surface area contributed by atoms with Crippen LogP contribution < -0.4 is 5.36 Å². The zero-order valence-corrected chi connectivity index (χ0v) is 19.5. The third kappa shape index (κ3) is 6.46. The Morgan fingerprint density at radius 2 is 1.30 bits per heavy atom. The molecule has 0 saturated carbocycles. The van der Waals surface area contributed by atoms with Crippen LogP contribution in [0.1, 0.15) is 114 Å². The second-order valence-corrected chi connectivity index (χ2v) is 9.42. The number of aromatic nitrogens is 1. The molecular formula is C28H44N2. The number of rotatable bonds is 15. The second kappa shape index (κ2) is 13.0. The van der Waals surface area contributed by atoms with Crippen molar-refractivity contribution in [2.24, 2.45) is 0 Å². The summed E-state index contributed by atoms with van der Waals surface area (Å²) in [5, 5.41) is 10.5. The van der Waals surface area contributed by atoms with Gasteiger partial charge in [-0.2, -0.15) is 0 Å². The first-order chi connectivity index (χ1) is 14.8. The van der Waals surface area contributed by atoms with Crippen molar-refractivity contribution < 1.29 is 0 Å². The fraction of sp³-hybridized carbons (Fsp3) is 0.679. The summed E-state index contributed by atoms with van der Waals surface area (Å²) in [5.74, 6) is 0. The van der Waals surface area contributed by atoms with Gasteiger partial charge < -0.3 is 4.57 Å². The summed E-state index contributed by atoms with van der Waals surface area (Å²) in [6.07, 6.45) is 23.2. The van der Waals surface area contributed by atoms with E-state index in [0.29, 0.717) is 0 Å². The Kier molecular flexibility index (Phi) is 9.99. The topological polar surface area (TPSA) is 28.8 Å². The van der Waals surface area contributed by atoms with Gasteiger partial charge >= 0.3 is 0 Å². The first-order valence-corrected chi connectivity index (χ1v) is 13.0. The number of fused-ring (bicyclic) bond motifs is 2. The van der Waals surface area contributed by atoms with Crippen molar-refractivity contribution in [1.82, 2.24) is 4.57 Å². The van der Waals surface area contributed by atoms with Crippen LogP contribution in [0.25, 0.3) is 10.9 Å². The number of nitrogens with one attached hydrogen (secondary N) is 1. The molecule has 1 aliphatic carbocycles. The number of aryl methyl sites for hydroxylation is 1. The van der Waals surface area contributed by atoms with E-state index in [1.165, 1.54) is 113 Å². The Labute approximate surface area is 184 Å². The van der Waals surface area contributed by atoms with Crippen LogP contribution in [-0.4, -0.2) is 4.57 Å². The lowest BCUT2D eigenvalue weighted by molar-refractivity contribution is 0.523. The zero-order valence-electron chi connectivity index (χ0n) is 19.5. The lowest BCUT2D eigenvalue weighted by atomic mass is 10.0. The average molecular weight is 409 g/mol. The summed E-state index contributed by atoms with van der Waals surface area (Å²) in [4.78, 5) is 0. The Bertz CT molecular complexity index is 817. The number of hydrogen-bond acceptors (Lipinski definition) is 1. The van der Waals surface area contributed by atoms with Crippen molar-refractivity contribution >= 4 is 10.9 Å². The Morgan fingerprint density at radius 3 is 1.93 bits per heavy atom. The molecule has 1 aromatic carbocycles. The van der Waals surface area contributed by atoms with Crippen LogP contribution in [-0.2, 0) is 19.4 Å². The van der Waals surface area contributed by atoms with Gasteiger partial charge in [-0.15, -0.1) is 0 Å². The molecule has 0 spiro atoms. The van der Waals surface area contributed by atoms with Gasteiger partial charge in [-0.3, -0.25) is 5.41 Å². The highest BCUT2D eigenvalue weighted by Crippen LogP contribution is 2.25. The van der Waals surface area contributed by atoms with Crippen LogP contribution in [0.2, 0.25) is 0 Å². The van der Waals surface area contributed by atoms with E-state index >= 15 is 0 Å². The van der Waals surface area contributed by atoms with Crippen LogP contribution in [0.4, 0.5) is 0 Å². The smallest absolute Gasteiger partial charge is 0.0682 e. The van der Waals surface area contributed by atoms with E-state index in [1.807, 2.05) is 0 Å². The van der Waals surface area contributed by atoms with Gasteiger partial charge in [0.15, 0.2) is 0 Å². The standard InChI is InChI=1S/C28H44N2/c1-2-3-4-5-6-7-8-9-10-11-12-13-14-17-23-30-26-21-16-15-19-24(26)28(29)25-20-18-22-27(25)30/h15-16,19,21,29H,2-14,17-18,20,22-23H2,1H3. The van der Waals surface area contributed by atoms with Crippen LogP contribution in [0.5, 0.6) is 0 Å². The van der Waals surface area contributed by atoms with Gasteiger partial charge in [0, 0.05) is 17.6 Å². The molecule has 0 fully saturated rings. The van der Waals surface area contributed by atoms with Crippen LogP contribution in [0, 0.1) is 5.41 Å². The van der Waals surface area contributed by atoms with Gasteiger partial charge in [-0.1, -0.05) is 109 Å². The maximum absolute atomic E-state index is 8.59. The molecule has 1 aliphatic rings. The van der Waals surface area contributed by atoms with E-state index in [9.17, 15) is 0 Å². The van der Waals surface area contributed by atoms with Gasteiger partial charge in [0.25, 0.3) is 0 Å². The molecule has 30 heavy (non-hydrogen) atoms. The summed E-state index contributed by atoms with van der Waals surface area (Å²) in [7, 11) is 0. The Morgan fingerprint density at radius 1 is 0.733 bits per heavy atom. The summed E-state index contributed by atoms with van der Waals surface area (Å²) in [5.41, 5.74) is 4.05. The normalized spacial score (nSPS) is 13.2. The Balaban J connectivity index is 1.31. The number of nitrogens with zero attached hydrogens (tertiary/aromatic N) is 1. The molecule has 2 nitrogen and oxygen atoms in total. The third-order valence-corrected chi connectivity index (χ3v) is 7.02. The first-order valence-electron chi connectivity index (χ1n) is 13.0. The lowest BCUT2D eigenvalue weighted by Crippen LogP contribution is -2.17. The van der Waals surface area contributed by atoms with Crippen LogP contribution in [0.15, 0.2) is 24.3 Å². The summed E-state index contributed by atoms with van der Waals surface area (Å²) < 4.78 is 2.55. The molecule has 3 rings (SSSR count). The quantitative estimate of drug-likeness (QED) is 0.288. The second-order valence-electron chi connectivity index (χ2n) is 9.42. The predicted molar refractivity (Wildman–Crippen MR) is 130 cm³/mol. The molecule has 0 atom stereocenters. The van der Waals surface area contributed by atoms with Crippen molar-refractivity contribution in [2.45, 2.75) is 123 Å². The van der Waals surface area contributed by atoms with Gasteiger partial charge in [-0.05, 0) is 37.3 Å². The minimum Gasteiger partial charge on any atom is -0.344 e. The molecule has 166 valence electrons.